The van der Waals surface area contributed by atoms with E-state index in [-0.39, 0.29) is 0 Å². The Morgan fingerprint density at radius 3 is 2.86 bits per heavy atom. The van der Waals surface area contributed by atoms with Crippen LogP contribution in [0.15, 0.2) is 30.5 Å². The molecule has 4 N–H and O–H groups in total. The maximum Gasteiger partial charge on any atom is 0.177 e. The van der Waals surface area contributed by atoms with Gasteiger partial charge < -0.3 is 20.9 Å². The van der Waals surface area contributed by atoms with Crippen molar-refractivity contribution in [1.82, 2.24) is 14.6 Å². The minimum atomic E-state index is -0.948. The van der Waals surface area contributed by atoms with Crippen LogP contribution in [-0.2, 0) is 23.3 Å². The van der Waals surface area contributed by atoms with Crippen LogP contribution in [-0.4, -0.2) is 38.0 Å². The quantitative estimate of drug-likeness (QED) is 0.487. The molecule has 0 aliphatic heterocycles. The summed E-state index contributed by atoms with van der Waals surface area (Å²) in [5.74, 6) is 1.90. The molecule has 1 unspecified atom stereocenters. The van der Waals surface area contributed by atoms with Crippen molar-refractivity contribution in [2.75, 3.05) is 23.4 Å². The van der Waals surface area contributed by atoms with Crippen LogP contribution >= 0.6 is 0 Å². The highest BCUT2D eigenvalue weighted by Gasteiger charge is 2.23. The maximum absolute atomic E-state index is 11.8. The van der Waals surface area contributed by atoms with Crippen LogP contribution in [0.25, 0.3) is 5.65 Å². The Bertz CT molecular complexity index is 1070. The van der Waals surface area contributed by atoms with Gasteiger partial charge in [0.05, 0.1) is 12.5 Å². The van der Waals surface area contributed by atoms with Crippen molar-refractivity contribution in [3.05, 3.63) is 47.2 Å². The summed E-state index contributed by atoms with van der Waals surface area (Å²) in [6.07, 6.45) is 6.22. The molecule has 1 aliphatic rings. The molecule has 8 nitrogen and oxygen atoms in total. The van der Waals surface area contributed by atoms with Gasteiger partial charge in [0, 0.05) is 23.4 Å². The number of nitriles is 1. The standard InChI is InChI=1S/C20H23N7OS/c1-29(28)12-14-8-17(3-2-13(14)6-7-21)24-18-9-19(25-16-4-5-16)27-20(26-18)15(10-22)11-23-27/h2-3,8-9,11,16,25H,4-7,12,21H2,1H3,(H,24,26). The largest absolute Gasteiger partial charge is 0.616 e. The molecule has 1 saturated carbocycles. The van der Waals surface area contributed by atoms with E-state index >= 15 is 0 Å². The number of nitrogens with one attached hydrogen (secondary N) is 2. The first-order valence-corrected chi connectivity index (χ1v) is 11.2. The van der Waals surface area contributed by atoms with Crippen LogP contribution in [0.4, 0.5) is 17.3 Å². The van der Waals surface area contributed by atoms with E-state index in [1.807, 2.05) is 24.3 Å². The number of fused-ring (bicyclic) bond motifs is 1. The fourth-order valence-electron chi connectivity index (χ4n) is 3.25. The zero-order valence-corrected chi connectivity index (χ0v) is 17.0. The van der Waals surface area contributed by atoms with Crippen LogP contribution in [0.3, 0.4) is 0 Å². The summed E-state index contributed by atoms with van der Waals surface area (Å²) >= 11 is -0.948. The van der Waals surface area contributed by atoms with E-state index in [1.165, 1.54) is 6.20 Å². The molecule has 2 aromatic heterocycles. The van der Waals surface area contributed by atoms with Gasteiger partial charge in [-0.15, -0.1) is 0 Å². The zero-order chi connectivity index (χ0) is 20.4. The number of anilines is 3. The summed E-state index contributed by atoms with van der Waals surface area (Å²) in [6, 6.07) is 10.4. The van der Waals surface area contributed by atoms with E-state index in [0.29, 0.717) is 35.4 Å². The molecule has 0 spiro atoms. The normalized spacial score (nSPS) is 14.6. The number of aromatic nitrogens is 3. The minimum absolute atomic E-state index is 0.424. The monoisotopic (exact) mass is 409 g/mol. The summed E-state index contributed by atoms with van der Waals surface area (Å²) in [6.45, 7) is 0.544. The second-order valence-electron chi connectivity index (χ2n) is 7.22. The van der Waals surface area contributed by atoms with E-state index in [4.69, 9.17) is 5.73 Å². The van der Waals surface area contributed by atoms with Gasteiger partial charge in [-0.2, -0.15) is 14.9 Å². The highest BCUT2D eigenvalue weighted by atomic mass is 32.2. The zero-order valence-electron chi connectivity index (χ0n) is 16.2. The molecule has 29 heavy (non-hydrogen) atoms. The lowest BCUT2D eigenvalue weighted by Gasteiger charge is -2.14. The van der Waals surface area contributed by atoms with Crippen molar-refractivity contribution in [3.63, 3.8) is 0 Å². The van der Waals surface area contributed by atoms with Gasteiger partial charge in [-0.1, -0.05) is 17.2 Å². The molecule has 2 heterocycles. The van der Waals surface area contributed by atoms with Crippen molar-refractivity contribution in [3.8, 4) is 6.07 Å². The van der Waals surface area contributed by atoms with Gasteiger partial charge in [0.1, 0.15) is 29.0 Å². The van der Waals surface area contributed by atoms with E-state index in [1.54, 1.807) is 10.8 Å². The Kier molecular flexibility index (Phi) is 5.58. The van der Waals surface area contributed by atoms with Crippen molar-refractivity contribution in [1.29, 1.82) is 5.26 Å². The Hall–Kier alpha value is -2.80. The third-order valence-electron chi connectivity index (χ3n) is 4.77. The molecule has 0 saturated heterocycles. The van der Waals surface area contributed by atoms with Crippen molar-refractivity contribution in [2.45, 2.75) is 31.1 Å². The molecule has 0 amide bonds. The highest BCUT2D eigenvalue weighted by Crippen LogP contribution is 2.28. The minimum Gasteiger partial charge on any atom is -0.616 e. The molecule has 1 aromatic carbocycles. The van der Waals surface area contributed by atoms with E-state index < -0.39 is 11.2 Å². The lowest BCUT2D eigenvalue weighted by Crippen LogP contribution is -2.10. The first-order chi connectivity index (χ1) is 14.1. The smallest absolute Gasteiger partial charge is 0.177 e. The molecule has 9 heteroatoms. The van der Waals surface area contributed by atoms with Gasteiger partial charge in [-0.25, -0.2) is 4.98 Å². The van der Waals surface area contributed by atoms with Gasteiger partial charge >= 0.3 is 0 Å². The fourth-order valence-corrected chi connectivity index (χ4v) is 3.96. The Morgan fingerprint density at radius 1 is 1.34 bits per heavy atom. The summed E-state index contributed by atoms with van der Waals surface area (Å²) in [4.78, 5) is 4.59. The number of benzene rings is 1. The van der Waals surface area contributed by atoms with Crippen molar-refractivity contribution in [2.24, 2.45) is 5.73 Å². The predicted octanol–water partition coefficient (Wildman–Crippen LogP) is 2.30. The number of hydrogen-bond acceptors (Lipinski definition) is 7. The van der Waals surface area contributed by atoms with Gasteiger partial charge in [-0.3, -0.25) is 0 Å². The Balaban J connectivity index is 1.68. The van der Waals surface area contributed by atoms with E-state index in [9.17, 15) is 9.81 Å². The van der Waals surface area contributed by atoms with Crippen LogP contribution in [0.5, 0.6) is 0 Å². The second kappa shape index (κ2) is 8.29. The summed E-state index contributed by atoms with van der Waals surface area (Å²) in [5.41, 5.74) is 9.61. The molecule has 1 fully saturated rings. The molecule has 4 rings (SSSR count). The number of rotatable bonds is 8. The molecule has 150 valence electrons. The number of nitrogens with zero attached hydrogens (tertiary/aromatic N) is 4. The van der Waals surface area contributed by atoms with Crippen LogP contribution in [0.2, 0.25) is 0 Å². The average molecular weight is 410 g/mol. The average Bonchev–Trinajstić information content (AvgIpc) is 3.40. The van der Waals surface area contributed by atoms with Crippen LogP contribution in [0.1, 0.15) is 29.5 Å². The molecule has 0 radical (unpaired) electrons. The molecular formula is C20H23N7OS. The summed E-state index contributed by atoms with van der Waals surface area (Å²) in [5, 5.41) is 20.4. The molecule has 0 bridgehead atoms. The van der Waals surface area contributed by atoms with Gasteiger partial charge in [-0.05, 0) is 43.5 Å². The van der Waals surface area contributed by atoms with Crippen molar-refractivity contribution < 1.29 is 4.55 Å². The van der Waals surface area contributed by atoms with Crippen LogP contribution in [0, 0.1) is 11.3 Å². The summed E-state index contributed by atoms with van der Waals surface area (Å²) < 4.78 is 13.4. The van der Waals surface area contributed by atoms with Gasteiger partial charge in [0.25, 0.3) is 0 Å². The summed E-state index contributed by atoms with van der Waals surface area (Å²) in [7, 11) is 0. The number of hydrogen-bond donors (Lipinski definition) is 3. The fraction of sp³-hybridized carbons (Fsp3) is 0.350. The van der Waals surface area contributed by atoms with Crippen LogP contribution < -0.4 is 16.4 Å². The van der Waals surface area contributed by atoms with E-state index in [0.717, 1.165) is 41.9 Å². The van der Waals surface area contributed by atoms with Gasteiger partial charge in [0.2, 0.25) is 0 Å². The SMILES string of the molecule is C[S+]([O-])Cc1cc(Nc2cc(NC3CC3)n3ncc(C#N)c3n2)ccc1CCN. The third-order valence-corrected chi connectivity index (χ3v) is 5.49. The molecule has 1 atom stereocenters. The topological polar surface area (TPSA) is 127 Å². The number of nitrogens with two attached hydrogens (primary N) is 1. The van der Waals surface area contributed by atoms with Gasteiger partial charge in [0.15, 0.2) is 5.65 Å². The molecular weight excluding hydrogens is 386 g/mol. The van der Waals surface area contributed by atoms with Crippen molar-refractivity contribution >= 4 is 34.1 Å². The third kappa shape index (κ3) is 4.45. The predicted molar refractivity (Wildman–Crippen MR) is 115 cm³/mol. The first kappa shape index (κ1) is 19.5. The molecule has 3 aromatic rings. The van der Waals surface area contributed by atoms with E-state index in [2.05, 4.69) is 26.8 Å². The maximum atomic E-state index is 11.8. The molecule has 1 aliphatic carbocycles. The Labute approximate surface area is 172 Å². The first-order valence-electron chi connectivity index (χ1n) is 9.51. The highest BCUT2D eigenvalue weighted by molar-refractivity contribution is 7.89. The Morgan fingerprint density at radius 2 is 2.17 bits per heavy atom. The lowest BCUT2D eigenvalue weighted by molar-refractivity contribution is 0.600. The lowest BCUT2D eigenvalue weighted by atomic mass is 10.0. The second-order valence-corrected chi connectivity index (χ2v) is 8.65.